The minimum atomic E-state index is -0.371. The van der Waals surface area contributed by atoms with Gasteiger partial charge in [-0.2, -0.15) is 0 Å². The quantitative estimate of drug-likeness (QED) is 0.737. The number of carbonyl (C=O) groups excluding carboxylic acids is 1. The van der Waals surface area contributed by atoms with E-state index in [0.717, 1.165) is 38.5 Å². The molecule has 0 spiro atoms. The number of hydrogen-bond donors (Lipinski definition) is 0. The van der Waals surface area contributed by atoms with Gasteiger partial charge in [0.15, 0.2) is 0 Å². The summed E-state index contributed by atoms with van der Waals surface area (Å²) in [5, 5.41) is 0. The van der Waals surface area contributed by atoms with Gasteiger partial charge >= 0.3 is 5.97 Å². The number of carbonyl (C=O) groups is 1. The maximum atomic E-state index is 12.5. The lowest BCUT2D eigenvalue weighted by molar-refractivity contribution is -0.232. The molecule has 3 nitrogen and oxygen atoms in total. The van der Waals surface area contributed by atoms with E-state index in [1.54, 1.807) is 0 Å². The summed E-state index contributed by atoms with van der Waals surface area (Å²) >= 11 is 0. The van der Waals surface area contributed by atoms with Gasteiger partial charge in [-0.05, 0) is 64.2 Å². The van der Waals surface area contributed by atoms with Gasteiger partial charge in [0.05, 0.1) is 11.0 Å². The molecule has 2 unspecified atom stereocenters. The number of hydrogen-bond acceptors (Lipinski definition) is 3. The predicted octanol–water partition coefficient (Wildman–Crippen LogP) is 3.70. The fraction of sp³-hybridized carbons (Fsp3) is 0.941. The van der Waals surface area contributed by atoms with Crippen molar-refractivity contribution in [1.82, 2.24) is 0 Å². The third-order valence-corrected chi connectivity index (χ3v) is 6.13. The Morgan fingerprint density at radius 1 is 1.15 bits per heavy atom. The molecule has 4 aliphatic carbocycles. The molecule has 0 N–H and O–H groups in total. The van der Waals surface area contributed by atoms with E-state index >= 15 is 0 Å². The van der Waals surface area contributed by atoms with Crippen LogP contribution in [0.25, 0.3) is 0 Å². The topological polar surface area (TPSA) is 35.5 Å². The summed E-state index contributed by atoms with van der Waals surface area (Å²) < 4.78 is 12.0. The SMILES string of the molecule is CCC(C)(C)C(=O)OC12CC3CC(CC(OC)(C3)C1)C2. The van der Waals surface area contributed by atoms with Crippen molar-refractivity contribution >= 4 is 5.97 Å². The molecule has 4 bridgehead atoms. The molecule has 4 fully saturated rings. The Morgan fingerprint density at radius 3 is 2.20 bits per heavy atom. The number of esters is 1. The Hall–Kier alpha value is -0.570. The van der Waals surface area contributed by atoms with E-state index in [0.29, 0.717) is 11.8 Å². The average Bonchev–Trinajstić information content (AvgIpc) is 2.36. The predicted molar refractivity (Wildman–Crippen MR) is 77.3 cm³/mol. The minimum Gasteiger partial charge on any atom is -0.459 e. The molecule has 0 heterocycles. The molecule has 4 rings (SSSR count). The van der Waals surface area contributed by atoms with E-state index in [4.69, 9.17) is 9.47 Å². The summed E-state index contributed by atoms with van der Waals surface area (Å²) in [6.07, 6.45) is 7.48. The molecule has 0 aromatic heterocycles. The normalized spacial score (nSPS) is 42.8. The molecule has 20 heavy (non-hydrogen) atoms. The van der Waals surface area contributed by atoms with E-state index < -0.39 is 0 Å². The van der Waals surface area contributed by atoms with E-state index in [1.807, 2.05) is 21.0 Å². The molecule has 3 heteroatoms. The second kappa shape index (κ2) is 4.46. The van der Waals surface area contributed by atoms with E-state index in [-0.39, 0.29) is 22.6 Å². The van der Waals surface area contributed by atoms with Gasteiger partial charge in [0.2, 0.25) is 0 Å². The van der Waals surface area contributed by atoms with Crippen molar-refractivity contribution in [3.8, 4) is 0 Å². The highest BCUT2D eigenvalue weighted by Crippen LogP contribution is 2.60. The van der Waals surface area contributed by atoms with Gasteiger partial charge in [-0.1, -0.05) is 6.92 Å². The van der Waals surface area contributed by atoms with Gasteiger partial charge in [-0.3, -0.25) is 4.79 Å². The maximum absolute atomic E-state index is 12.5. The van der Waals surface area contributed by atoms with Crippen molar-refractivity contribution in [2.75, 3.05) is 7.11 Å². The summed E-state index contributed by atoms with van der Waals surface area (Å²) in [5.74, 6) is 1.36. The van der Waals surface area contributed by atoms with Crippen LogP contribution in [0.1, 0.15) is 65.7 Å². The van der Waals surface area contributed by atoms with Gasteiger partial charge in [0.25, 0.3) is 0 Å². The molecule has 0 aromatic carbocycles. The van der Waals surface area contributed by atoms with Crippen molar-refractivity contribution in [1.29, 1.82) is 0 Å². The summed E-state index contributed by atoms with van der Waals surface area (Å²) in [5.41, 5.74) is -0.617. The standard InChI is InChI=1S/C17H28O3/c1-5-15(2,3)14(18)20-17-9-12-6-13(10-17)8-16(7-12,11-17)19-4/h12-13H,5-11H2,1-4H3. The minimum absolute atomic E-state index is 0.0132. The highest BCUT2D eigenvalue weighted by molar-refractivity contribution is 5.76. The largest absolute Gasteiger partial charge is 0.459 e. The van der Waals surface area contributed by atoms with Crippen molar-refractivity contribution in [3.63, 3.8) is 0 Å². The Bertz CT molecular complexity index is 398. The third kappa shape index (κ3) is 2.18. The van der Waals surface area contributed by atoms with Crippen LogP contribution in [0, 0.1) is 17.3 Å². The van der Waals surface area contributed by atoms with Crippen LogP contribution in [0.4, 0.5) is 0 Å². The first-order valence-corrected chi connectivity index (χ1v) is 8.11. The summed E-state index contributed by atoms with van der Waals surface area (Å²) in [4.78, 5) is 12.5. The molecule has 0 radical (unpaired) electrons. The Kier molecular flexibility index (Phi) is 3.20. The molecular formula is C17H28O3. The van der Waals surface area contributed by atoms with Crippen LogP contribution in [0.2, 0.25) is 0 Å². The zero-order chi connectivity index (χ0) is 14.6. The highest BCUT2D eigenvalue weighted by Gasteiger charge is 2.60. The van der Waals surface area contributed by atoms with Crippen molar-refractivity contribution in [3.05, 3.63) is 0 Å². The molecule has 0 amide bonds. The van der Waals surface area contributed by atoms with E-state index in [1.165, 1.54) is 6.42 Å². The first-order valence-electron chi connectivity index (χ1n) is 8.11. The first-order chi connectivity index (χ1) is 9.32. The summed E-state index contributed by atoms with van der Waals surface area (Å²) in [7, 11) is 1.83. The fourth-order valence-corrected chi connectivity index (χ4v) is 4.93. The molecule has 114 valence electrons. The smallest absolute Gasteiger partial charge is 0.312 e. The monoisotopic (exact) mass is 280 g/mol. The molecule has 0 saturated heterocycles. The Morgan fingerprint density at radius 2 is 1.70 bits per heavy atom. The highest BCUT2D eigenvalue weighted by atomic mass is 16.6. The third-order valence-electron chi connectivity index (χ3n) is 6.13. The van der Waals surface area contributed by atoms with Crippen LogP contribution in [0.3, 0.4) is 0 Å². The Labute approximate surface area is 122 Å². The zero-order valence-corrected chi connectivity index (χ0v) is 13.3. The van der Waals surface area contributed by atoms with Crippen molar-refractivity contribution in [2.24, 2.45) is 17.3 Å². The summed E-state index contributed by atoms with van der Waals surface area (Å²) in [6.45, 7) is 6.03. The van der Waals surface area contributed by atoms with Gasteiger partial charge in [-0.15, -0.1) is 0 Å². The van der Waals surface area contributed by atoms with Crippen molar-refractivity contribution in [2.45, 2.75) is 76.9 Å². The van der Waals surface area contributed by atoms with E-state index in [9.17, 15) is 4.79 Å². The molecule has 0 aromatic rings. The summed E-state index contributed by atoms with van der Waals surface area (Å²) in [6, 6.07) is 0. The molecule has 4 aliphatic rings. The van der Waals surface area contributed by atoms with Crippen molar-refractivity contribution < 1.29 is 14.3 Å². The van der Waals surface area contributed by atoms with Crippen LogP contribution in [0.5, 0.6) is 0 Å². The van der Waals surface area contributed by atoms with Gasteiger partial charge in [0.1, 0.15) is 5.60 Å². The lowest BCUT2D eigenvalue weighted by Crippen LogP contribution is -2.61. The van der Waals surface area contributed by atoms with Crippen LogP contribution in [-0.2, 0) is 14.3 Å². The van der Waals surface area contributed by atoms with Crippen LogP contribution >= 0.6 is 0 Å². The first kappa shape index (κ1) is 14.4. The average molecular weight is 280 g/mol. The number of ether oxygens (including phenoxy) is 2. The molecule has 0 aliphatic heterocycles. The van der Waals surface area contributed by atoms with Crippen LogP contribution in [-0.4, -0.2) is 24.3 Å². The van der Waals surface area contributed by atoms with Gasteiger partial charge in [0, 0.05) is 13.5 Å². The second-order valence-electron chi connectivity index (χ2n) is 8.16. The fourth-order valence-electron chi connectivity index (χ4n) is 4.93. The lowest BCUT2D eigenvalue weighted by Gasteiger charge is -2.60. The molecule has 4 saturated carbocycles. The van der Waals surface area contributed by atoms with Crippen LogP contribution < -0.4 is 0 Å². The number of methoxy groups -OCH3 is 1. The Balaban J connectivity index is 1.81. The van der Waals surface area contributed by atoms with Crippen LogP contribution in [0.15, 0.2) is 0 Å². The van der Waals surface area contributed by atoms with E-state index in [2.05, 4.69) is 6.92 Å². The maximum Gasteiger partial charge on any atom is 0.312 e. The molecular weight excluding hydrogens is 252 g/mol. The zero-order valence-electron chi connectivity index (χ0n) is 13.3. The second-order valence-corrected chi connectivity index (χ2v) is 8.16. The molecule has 2 atom stereocenters. The van der Waals surface area contributed by atoms with Gasteiger partial charge < -0.3 is 9.47 Å². The van der Waals surface area contributed by atoms with Gasteiger partial charge in [-0.25, -0.2) is 0 Å². The lowest BCUT2D eigenvalue weighted by atomic mass is 9.52. The number of rotatable bonds is 4.